The molecule has 0 atom stereocenters. The van der Waals surface area contributed by atoms with Gasteiger partial charge in [0.1, 0.15) is 0 Å². The van der Waals surface area contributed by atoms with E-state index in [0.717, 1.165) is 0 Å². The van der Waals surface area contributed by atoms with Gasteiger partial charge in [0.15, 0.2) is 0 Å². The fraction of sp³-hybridized carbons (Fsp3) is 0.111. The Labute approximate surface area is 70.9 Å². The first-order chi connectivity index (χ1) is 5.75. The summed E-state index contributed by atoms with van der Waals surface area (Å²) in [7, 11) is 0. The smallest absolute Gasteiger partial charge is 0.250 e. The molecule has 0 saturated carbocycles. The molecule has 1 aromatic rings. The number of nitrogens with zero attached hydrogens (tertiary/aromatic N) is 1. The van der Waals surface area contributed by atoms with Gasteiger partial charge in [-0.2, -0.15) is 0 Å². The monoisotopic (exact) mass is 162 g/mol. The van der Waals surface area contributed by atoms with Crippen LogP contribution in [0.5, 0.6) is 0 Å². The maximum absolute atomic E-state index is 10.8. The summed E-state index contributed by atoms with van der Waals surface area (Å²) in [6.45, 7) is 1.79. The third-order valence-electron chi connectivity index (χ3n) is 1.44. The average Bonchev–Trinajstić information content (AvgIpc) is 2.05. The number of aliphatic imine (C=N–C) groups is 1. The van der Waals surface area contributed by atoms with Crippen LogP contribution in [0.2, 0.25) is 0 Å². The molecule has 0 fully saturated rings. The van der Waals surface area contributed by atoms with Crippen LogP contribution in [0.1, 0.15) is 17.3 Å². The van der Waals surface area contributed by atoms with Crippen LogP contribution in [0.4, 0.5) is 5.69 Å². The van der Waals surface area contributed by atoms with Gasteiger partial charge in [-0.1, -0.05) is 12.1 Å². The lowest BCUT2D eigenvalue weighted by Crippen LogP contribution is -2.10. The van der Waals surface area contributed by atoms with Gasteiger partial charge in [-0.3, -0.25) is 9.79 Å². The van der Waals surface area contributed by atoms with Gasteiger partial charge in [0.05, 0.1) is 11.3 Å². The van der Waals surface area contributed by atoms with E-state index in [4.69, 9.17) is 5.73 Å². The Morgan fingerprint density at radius 2 is 2.17 bits per heavy atom. The minimum atomic E-state index is -0.448. The highest BCUT2D eigenvalue weighted by Crippen LogP contribution is 2.16. The van der Waals surface area contributed by atoms with Gasteiger partial charge >= 0.3 is 0 Å². The average molecular weight is 162 g/mol. The number of amides is 1. The van der Waals surface area contributed by atoms with Crippen LogP contribution in [-0.4, -0.2) is 12.1 Å². The molecule has 0 aliphatic carbocycles. The number of nitrogens with two attached hydrogens (primary N) is 1. The number of primary amides is 1. The summed E-state index contributed by atoms with van der Waals surface area (Å²) < 4.78 is 0. The number of benzene rings is 1. The summed E-state index contributed by atoms with van der Waals surface area (Å²) >= 11 is 0. The molecule has 0 saturated heterocycles. The van der Waals surface area contributed by atoms with Crippen molar-refractivity contribution in [3.05, 3.63) is 29.8 Å². The van der Waals surface area contributed by atoms with Gasteiger partial charge in [-0.25, -0.2) is 0 Å². The normalized spacial score (nSPS) is 10.4. The van der Waals surface area contributed by atoms with E-state index in [-0.39, 0.29) is 0 Å². The van der Waals surface area contributed by atoms with Crippen molar-refractivity contribution in [1.82, 2.24) is 0 Å². The highest BCUT2D eigenvalue weighted by atomic mass is 16.1. The van der Waals surface area contributed by atoms with Crippen molar-refractivity contribution < 1.29 is 4.79 Å². The van der Waals surface area contributed by atoms with Gasteiger partial charge in [0, 0.05) is 6.21 Å². The summed E-state index contributed by atoms with van der Waals surface area (Å²) in [5, 5.41) is 0. The zero-order valence-electron chi connectivity index (χ0n) is 6.82. The number of rotatable bonds is 2. The molecule has 0 aliphatic heterocycles. The highest BCUT2D eigenvalue weighted by molar-refractivity contribution is 5.98. The third-order valence-corrected chi connectivity index (χ3v) is 1.44. The van der Waals surface area contributed by atoms with E-state index < -0.39 is 5.91 Å². The topological polar surface area (TPSA) is 55.4 Å². The lowest BCUT2D eigenvalue weighted by molar-refractivity contribution is 0.100. The second kappa shape index (κ2) is 3.67. The van der Waals surface area contributed by atoms with Gasteiger partial charge in [0.25, 0.3) is 5.91 Å². The molecule has 0 aromatic heterocycles. The molecule has 0 unspecified atom stereocenters. The zero-order chi connectivity index (χ0) is 8.97. The quantitative estimate of drug-likeness (QED) is 0.658. The summed E-state index contributed by atoms with van der Waals surface area (Å²) in [6.07, 6.45) is 1.63. The summed E-state index contributed by atoms with van der Waals surface area (Å²) in [4.78, 5) is 14.8. The Morgan fingerprint density at radius 3 is 2.75 bits per heavy atom. The predicted molar refractivity (Wildman–Crippen MR) is 48.8 cm³/mol. The molecule has 0 radical (unpaired) electrons. The Hall–Kier alpha value is -1.64. The lowest BCUT2D eigenvalue weighted by Gasteiger charge is -1.98. The summed E-state index contributed by atoms with van der Waals surface area (Å²) in [5.74, 6) is -0.448. The van der Waals surface area contributed by atoms with Crippen molar-refractivity contribution in [3.8, 4) is 0 Å². The Bertz CT molecular complexity index is 318. The molecule has 1 aromatic carbocycles. The molecule has 0 bridgehead atoms. The first-order valence-corrected chi connectivity index (χ1v) is 3.63. The molecule has 0 heterocycles. The molecule has 0 spiro atoms. The van der Waals surface area contributed by atoms with Crippen LogP contribution in [0, 0.1) is 0 Å². The standard InChI is InChI=1S/C9H10N2O/c1-2-11-8-6-4-3-5-7(8)9(10)12/h2-6H,1H3,(H2,10,12). The first kappa shape index (κ1) is 8.46. The van der Waals surface area contributed by atoms with E-state index in [1.54, 1.807) is 31.3 Å². The van der Waals surface area contributed by atoms with Crippen LogP contribution in [0.15, 0.2) is 29.3 Å². The zero-order valence-corrected chi connectivity index (χ0v) is 6.82. The van der Waals surface area contributed by atoms with Crippen molar-refractivity contribution >= 4 is 17.8 Å². The van der Waals surface area contributed by atoms with E-state index in [2.05, 4.69) is 4.99 Å². The Kier molecular flexibility index (Phi) is 2.58. The number of carbonyl (C=O) groups is 1. The Balaban J connectivity index is 3.17. The van der Waals surface area contributed by atoms with Crippen molar-refractivity contribution in [2.75, 3.05) is 0 Å². The van der Waals surface area contributed by atoms with E-state index in [1.165, 1.54) is 0 Å². The molecule has 2 N–H and O–H groups in total. The summed E-state index contributed by atoms with van der Waals surface area (Å²) in [6, 6.07) is 6.98. The maximum Gasteiger partial charge on any atom is 0.250 e. The molecule has 1 rings (SSSR count). The van der Waals surface area contributed by atoms with Gasteiger partial charge < -0.3 is 5.73 Å². The molecule has 1 amide bonds. The van der Waals surface area contributed by atoms with Crippen LogP contribution >= 0.6 is 0 Å². The predicted octanol–water partition coefficient (Wildman–Crippen LogP) is 1.51. The number of para-hydroxylation sites is 1. The molecule has 62 valence electrons. The molecule has 0 aliphatic rings. The molecule has 3 heteroatoms. The van der Waals surface area contributed by atoms with E-state index in [1.807, 2.05) is 6.07 Å². The maximum atomic E-state index is 10.8. The van der Waals surface area contributed by atoms with E-state index in [0.29, 0.717) is 11.3 Å². The van der Waals surface area contributed by atoms with Crippen LogP contribution < -0.4 is 5.73 Å². The fourth-order valence-corrected chi connectivity index (χ4v) is 0.934. The van der Waals surface area contributed by atoms with Crippen LogP contribution in [0.25, 0.3) is 0 Å². The van der Waals surface area contributed by atoms with E-state index >= 15 is 0 Å². The largest absolute Gasteiger partial charge is 0.366 e. The number of carbonyl (C=O) groups excluding carboxylic acids is 1. The second-order valence-corrected chi connectivity index (χ2v) is 2.27. The summed E-state index contributed by atoms with van der Waals surface area (Å²) in [5.41, 5.74) is 6.20. The van der Waals surface area contributed by atoms with Gasteiger partial charge in [-0.05, 0) is 19.1 Å². The number of hydrogen-bond acceptors (Lipinski definition) is 2. The third kappa shape index (κ3) is 1.69. The molecular formula is C9H10N2O. The first-order valence-electron chi connectivity index (χ1n) is 3.63. The lowest BCUT2D eigenvalue weighted by atomic mass is 10.2. The second-order valence-electron chi connectivity index (χ2n) is 2.27. The van der Waals surface area contributed by atoms with Crippen molar-refractivity contribution in [2.24, 2.45) is 10.7 Å². The van der Waals surface area contributed by atoms with Gasteiger partial charge in [-0.15, -0.1) is 0 Å². The van der Waals surface area contributed by atoms with Gasteiger partial charge in [0.2, 0.25) is 0 Å². The molecule has 12 heavy (non-hydrogen) atoms. The van der Waals surface area contributed by atoms with Crippen LogP contribution in [-0.2, 0) is 0 Å². The highest BCUT2D eigenvalue weighted by Gasteiger charge is 2.03. The van der Waals surface area contributed by atoms with Crippen molar-refractivity contribution in [2.45, 2.75) is 6.92 Å². The van der Waals surface area contributed by atoms with Crippen molar-refractivity contribution in [3.63, 3.8) is 0 Å². The Morgan fingerprint density at radius 1 is 1.50 bits per heavy atom. The minimum absolute atomic E-state index is 0.448. The van der Waals surface area contributed by atoms with Crippen molar-refractivity contribution in [1.29, 1.82) is 0 Å². The fourth-order valence-electron chi connectivity index (χ4n) is 0.934. The number of hydrogen-bond donors (Lipinski definition) is 1. The molecular weight excluding hydrogens is 152 g/mol. The van der Waals surface area contributed by atoms with E-state index in [9.17, 15) is 4.79 Å². The van der Waals surface area contributed by atoms with Crippen LogP contribution in [0.3, 0.4) is 0 Å². The molecule has 3 nitrogen and oxygen atoms in total. The minimum Gasteiger partial charge on any atom is -0.366 e. The SMILES string of the molecule is CC=Nc1ccccc1C(N)=O.